The number of anilines is 2. The highest BCUT2D eigenvalue weighted by Gasteiger charge is 2.26. The highest BCUT2D eigenvalue weighted by atomic mass is 32.1. The first-order chi connectivity index (χ1) is 16.3. The number of hydrogen-bond acceptors (Lipinski definition) is 6. The number of benzene rings is 2. The molecule has 0 spiro atoms. The minimum Gasteiger partial charge on any atom is -0.452 e. The van der Waals surface area contributed by atoms with Gasteiger partial charge in [-0.3, -0.25) is 14.4 Å². The number of hydrogen-bond donors (Lipinski definition) is 3. The van der Waals surface area contributed by atoms with Crippen molar-refractivity contribution in [2.75, 3.05) is 17.2 Å². The lowest BCUT2D eigenvalue weighted by Gasteiger charge is -2.11. The zero-order valence-electron chi connectivity index (χ0n) is 18.5. The zero-order chi connectivity index (χ0) is 24.2. The second-order valence-corrected chi connectivity index (χ2v) is 9.02. The quantitative estimate of drug-likeness (QED) is 0.447. The number of nitrogens with one attached hydrogen (secondary N) is 2. The molecule has 34 heavy (non-hydrogen) atoms. The Kier molecular flexibility index (Phi) is 6.74. The molecule has 1 aliphatic rings. The van der Waals surface area contributed by atoms with Crippen LogP contribution in [0.3, 0.4) is 0 Å². The van der Waals surface area contributed by atoms with Crippen LogP contribution in [0.5, 0.6) is 0 Å². The minimum absolute atomic E-state index is 0.115. The van der Waals surface area contributed by atoms with Gasteiger partial charge in [-0.05, 0) is 56.0 Å². The van der Waals surface area contributed by atoms with Crippen LogP contribution in [0.15, 0.2) is 48.5 Å². The molecule has 3 aromatic rings. The fraction of sp³-hybridized carbons (Fsp3) is 0.200. The van der Waals surface area contributed by atoms with Gasteiger partial charge in [0, 0.05) is 10.4 Å². The smallest absolute Gasteiger partial charge is 0.340 e. The van der Waals surface area contributed by atoms with Crippen LogP contribution in [0.1, 0.15) is 53.5 Å². The van der Waals surface area contributed by atoms with Crippen LogP contribution >= 0.6 is 11.3 Å². The van der Waals surface area contributed by atoms with E-state index in [-0.39, 0.29) is 17.2 Å². The number of nitrogens with two attached hydrogens (primary N) is 1. The van der Waals surface area contributed by atoms with Crippen LogP contribution < -0.4 is 16.4 Å². The second kappa shape index (κ2) is 9.88. The van der Waals surface area contributed by atoms with Gasteiger partial charge in [-0.25, -0.2) is 4.79 Å². The summed E-state index contributed by atoms with van der Waals surface area (Å²) >= 11 is 1.32. The number of aryl methyl sites for hydroxylation is 2. The molecular weight excluding hydrogens is 454 g/mol. The fourth-order valence-corrected chi connectivity index (χ4v) is 5.19. The van der Waals surface area contributed by atoms with Crippen LogP contribution in [0.4, 0.5) is 10.7 Å². The number of ether oxygens (including phenoxy) is 1. The first kappa shape index (κ1) is 23.2. The summed E-state index contributed by atoms with van der Waals surface area (Å²) in [7, 11) is 0. The first-order valence-electron chi connectivity index (χ1n) is 10.7. The molecule has 4 rings (SSSR count). The zero-order valence-corrected chi connectivity index (χ0v) is 19.3. The third kappa shape index (κ3) is 4.99. The van der Waals surface area contributed by atoms with Gasteiger partial charge < -0.3 is 21.1 Å². The maximum absolute atomic E-state index is 12.7. The summed E-state index contributed by atoms with van der Waals surface area (Å²) in [6.45, 7) is 1.32. The second-order valence-electron chi connectivity index (χ2n) is 7.92. The van der Waals surface area contributed by atoms with E-state index in [2.05, 4.69) is 10.6 Å². The molecule has 4 N–H and O–H groups in total. The Bertz CT molecular complexity index is 1300. The van der Waals surface area contributed by atoms with Gasteiger partial charge in [0.2, 0.25) is 0 Å². The summed E-state index contributed by atoms with van der Waals surface area (Å²) in [6, 6.07) is 13.5. The van der Waals surface area contributed by atoms with Gasteiger partial charge in [-0.1, -0.05) is 29.8 Å². The van der Waals surface area contributed by atoms with Gasteiger partial charge >= 0.3 is 5.97 Å². The summed E-state index contributed by atoms with van der Waals surface area (Å²) in [5, 5.41) is 5.73. The molecule has 0 aliphatic heterocycles. The number of fused-ring (bicyclic) bond motifs is 1. The van der Waals surface area contributed by atoms with E-state index in [9.17, 15) is 19.2 Å². The van der Waals surface area contributed by atoms with Gasteiger partial charge in [0.05, 0.1) is 16.8 Å². The van der Waals surface area contributed by atoms with Crippen molar-refractivity contribution in [3.05, 3.63) is 81.2 Å². The predicted molar refractivity (Wildman–Crippen MR) is 129 cm³/mol. The number of esters is 1. The van der Waals surface area contributed by atoms with Crippen LogP contribution in [0, 0.1) is 6.92 Å². The maximum Gasteiger partial charge on any atom is 0.340 e. The lowest BCUT2D eigenvalue weighted by Crippen LogP contribution is -2.23. The average Bonchev–Trinajstić information content (AvgIpc) is 3.38. The van der Waals surface area contributed by atoms with E-state index in [4.69, 9.17) is 10.5 Å². The van der Waals surface area contributed by atoms with Crippen LogP contribution in [0.25, 0.3) is 0 Å². The van der Waals surface area contributed by atoms with Gasteiger partial charge in [0.15, 0.2) is 6.61 Å². The molecule has 0 saturated carbocycles. The Morgan fingerprint density at radius 2 is 1.82 bits per heavy atom. The molecule has 8 nitrogen and oxygen atoms in total. The maximum atomic E-state index is 12.7. The SMILES string of the molecule is Cc1cccc(C(=O)Nc2ccccc2C(=O)OCC(=O)Nc2sc3c(c2C(N)=O)CCC3)c1. The van der Waals surface area contributed by atoms with Gasteiger partial charge in [0.25, 0.3) is 17.7 Å². The molecule has 9 heteroatoms. The monoisotopic (exact) mass is 477 g/mol. The predicted octanol–water partition coefficient (Wildman–Crippen LogP) is 3.69. The van der Waals surface area contributed by atoms with Crippen LogP contribution in [-0.2, 0) is 22.4 Å². The van der Waals surface area contributed by atoms with Crippen LogP contribution in [-0.4, -0.2) is 30.3 Å². The van der Waals surface area contributed by atoms with E-state index < -0.39 is 24.4 Å². The third-order valence-electron chi connectivity index (χ3n) is 5.43. The Morgan fingerprint density at radius 1 is 1.03 bits per heavy atom. The molecule has 0 atom stereocenters. The molecule has 2 aromatic carbocycles. The number of primary amides is 1. The van der Waals surface area contributed by atoms with Crippen molar-refractivity contribution in [1.82, 2.24) is 0 Å². The minimum atomic E-state index is -0.765. The van der Waals surface area contributed by atoms with E-state index in [0.717, 1.165) is 35.3 Å². The molecule has 174 valence electrons. The molecule has 1 aromatic heterocycles. The number of amides is 3. The van der Waals surface area contributed by atoms with Crippen molar-refractivity contribution in [2.24, 2.45) is 5.73 Å². The van der Waals surface area contributed by atoms with Crippen molar-refractivity contribution in [2.45, 2.75) is 26.2 Å². The first-order valence-corrected chi connectivity index (χ1v) is 11.5. The summed E-state index contributed by atoms with van der Waals surface area (Å²) < 4.78 is 5.17. The highest BCUT2D eigenvalue weighted by Crippen LogP contribution is 2.38. The standard InChI is InChI=1S/C25H23N3O5S/c1-14-6-4-7-15(12-14)23(31)27-18-10-3-2-8-16(18)25(32)33-13-20(29)28-24-21(22(26)30)17-9-5-11-19(17)34-24/h2-4,6-8,10,12H,5,9,11,13H2,1H3,(H2,26,30)(H,27,31)(H,28,29). The van der Waals surface area contributed by atoms with E-state index in [0.29, 0.717) is 16.1 Å². The number of rotatable bonds is 7. The fourth-order valence-electron chi connectivity index (χ4n) is 3.88. The lowest BCUT2D eigenvalue weighted by molar-refractivity contribution is -0.119. The number of para-hydroxylation sites is 1. The lowest BCUT2D eigenvalue weighted by atomic mass is 10.1. The largest absolute Gasteiger partial charge is 0.452 e. The van der Waals surface area contributed by atoms with Gasteiger partial charge in [-0.2, -0.15) is 0 Å². The molecule has 1 aliphatic carbocycles. The number of thiophene rings is 1. The van der Waals surface area contributed by atoms with E-state index in [1.54, 1.807) is 36.4 Å². The number of carbonyl (C=O) groups excluding carboxylic acids is 4. The molecule has 1 heterocycles. The summed E-state index contributed by atoms with van der Waals surface area (Å²) in [5.74, 6) is -2.31. The van der Waals surface area contributed by atoms with Crippen molar-refractivity contribution < 1.29 is 23.9 Å². The Labute approximate surface area is 200 Å². The molecule has 3 amide bonds. The summed E-state index contributed by atoms with van der Waals surface area (Å²) in [5.41, 5.74) is 8.51. The molecule has 0 saturated heterocycles. The molecule has 0 radical (unpaired) electrons. The third-order valence-corrected chi connectivity index (χ3v) is 6.64. The Balaban J connectivity index is 1.41. The van der Waals surface area contributed by atoms with Crippen molar-refractivity contribution in [3.63, 3.8) is 0 Å². The van der Waals surface area contributed by atoms with Gasteiger partial charge in [-0.15, -0.1) is 11.3 Å². The summed E-state index contributed by atoms with van der Waals surface area (Å²) in [6.07, 6.45) is 2.54. The number of carbonyl (C=O) groups is 4. The topological polar surface area (TPSA) is 128 Å². The van der Waals surface area contributed by atoms with Crippen molar-refractivity contribution in [1.29, 1.82) is 0 Å². The molecular formula is C25H23N3O5S. The Morgan fingerprint density at radius 3 is 2.59 bits per heavy atom. The van der Waals surface area contributed by atoms with Crippen molar-refractivity contribution >= 4 is 45.7 Å². The van der Waals surface area contributed by atoms with Crippen LogP contribution in [0.2, 0.25) is 0 Å². The van der Waals surface area contributed by atoms with Gasteiger partial charge in [0.1, 0.15) is 5.00 Å². The molecule has 0 bridgehead atoms. The average molecular weight is 478 g/mol. The molecule has 0 fully saturated rings. The normalized spacial score (nSPS) is 12.0. The molecule has 0 unspecified atom stereocenters. The van der Waals surface area contributed by atoms with E-state index in [1.165, 1.54) is 17.4 Å². The highest BCUT2D eigenvalue weighted by molar-refractivity contribution is 7.17. The van der Waals surface area contributed by atoms with Crippen molar-refractivity contribution in [3.8, 4) is 0 Å². The van der Waals surface area contributed by atoms with E-state index in [1.807, 2.05) is 13.0 Å². The summed E-state index contributed by atoms with van der Waals surface area (Å²) in [4.78, 5) is 50.6. The Hall–Kier alpha value is -3.98. The van der Waals surface area contributed by atoms with E-state index >= 15 is 0 Å².